The predicted octanol–water partition coefficient (Wildman–Crippen LogP) is 0.830. The highest BCUT2D eigenvalue weighted by Crippen LogP contribution is 2.17. The fourth-order valence-electron chi connectivity index (χ4n) is 1.35. The molecule has 1 N–H and O–H groups in total. The highest BCUT2D eigenvalue weighted by molar-refractivity contribution is 4.82. The Labute approximate surface area is 80.7 Å². The molecule has 1 fully saturated rings. The minimum absolute atomic E-state index is 0.144. The Kier molecular flexibility index (Phi) is 4.20. The second-order valence-electron chi connectivity index (χ2n) is 4.02. The minimum Gasteiger partial charge on any atom is -0.313 e. The summed E-state index contributed by atoms with van der Waals surface area (Å²) in [7, 11) is 2.07. The third-order valence-corrected chi connectivity index (χ3v) is 2.31. The molecule has 0 heterocycles. The van der Waals surface area contributed by atoms with Crippen molar-refractivity contribution in [1.82, 2.24) is 10.2 Å². The van der Waals surface area contributed by atoms with Crippen LogP contribution in [0.2, 0.25) is 0 Å². The van der Waals surface area contributed by atoms with Gasteiger partial charge >= 0.3 is 0 Å². The zero-order valence-corrected chi connectivity index (χ0v) is 8.58. The molecule has 1 unspecified atom stereocenters. The summed E-state index contributed by atoms with van der Waals surface area (Å²) in [5, 5.41) is 12.1. The summed E-state index contributed by atoms with van der Waals surface area (Å²) in [6.07, 6.45) is 2.69. The standard InChI is InChI=1S/C10H19N3/c1-9(7-11)8-13(2)6-5-12-10-3-4-10/h9-10,12H,3-6,8H2,1-2H3. The zero-order valence-electron chi connectivity index (χ0n) is 8.58. The molecule has 1 aliphatic rings. The van der Waals surface area contributed by atoms with Crippen LogP contribution >= 0.6 is 0 Å². The highest BCUT2D eigenvalue weighted by Gasteiger charge is 2.19. The van der Waals surface area contributed by atoms with Gasteiger partial charge in [-0.15, -0.1) is 0 Å². The molecule has 3 heteroatoms. The van der Waals surface area contributed by atoms with Gasteiger partial charge in [-0.3, -0.25) is 0 Å². The predicted molar refractivity (Wildman–Crippen MR) is 53.3 cm³/mol. The van der Waals surface area contributed by atoms with E-state index in [-0.39, 0.29) is 5.92 Å². The molecule has 0 amide bonds. The molecule has 3 nitrogen and oxygen atoms in total. The van der Waals surface area contributed by atoms with Gasteiger partial charge in [-0.1, -0.05) is 0 Å². The van der Waals surface area contributed by atoms with Gasteiger partial charge in [0.25, 0.3) is 0 Å². The first-order chi connectivity index (χ1) is 6.22. The van der Waals surface area contributed by atoms with E-state index >= 15 is 0 Å². The van der Waals surface area contributed by atoms with Crippen LogP contribution < -0.4 is 5.32 Å². The average Bonchev–Trinajstić information content (AvgIpc) is 2.88. The fourth-order valence-corrected chi connectivity index (χ4v) is 1.35. The third-order valence-electron chi connectivity index (χ3n) is 2.31. The van der Waals surface area contributed by atoms with E-state index in [1.54, 1.807) is 0 Å². The molecule has 1 aliphatic carbocycles. The third kappa shape index (κ3) is 4.87. The minimum atomic E-state index is 0.144. The highest BCUT2D eigenvalue weighted by atomic mass is 15.1. The maximum absolute atomic E-state index is 8.62. The molecule has 0 aromatic rings. The largest absolute Gasteiger partial charge is 0.313 e. The van der Waals surface area contributed by atoms with Crippen molar-refractivity contribution in [2.24, 2.45) is 5.92 Å². The van der Waals surface area contributed by atoms with Gasteiger partial charge in [0.15, 0.2) is 0 Å². The quantitative estimate of drug-likeness (QED) is 0.659. The summed E-state index contributed by atoms with van der Waals surface area (Å²) in [5.41, 5.74) is 0. The smallest absolute Gasteiger partial charge is 0.0666 e. The fraction of sp³-hybridized carbons (Fsp3) is 0.900. The molecule has 0 spiro atoms. The van der Waals surface area contributed by atoms with Crippen molar-refractivity contribution in [3.8, 4) is 6.07 Å². The average molecular weight is 181 g/mol. The van der Waals surface area contributed by atoms with Crippen LogP contribution in [0.3, 0.4) is 0 Å². The van der Waals surface area contributed by atoms with Gasteiger partial charge in [-0.25, -0.2) is 0 Å². The molecule has 74 valence electrons. The maximum atomic E-state index is 8.62. The summed E-state index contributed by atoms with van der Waals surface area (Å²) in [6.45, 7) is 4.94. The van der Waals surface area contributed by atoms with E-state index < -0.39 is 0 Å². The SMILES string of the molecule is CC(C#N)CN(C)CCNC1CC1. The van der Waals surface area contributed by atoms with Gasteiger partial charge in [-0.05, 0) is 26.8 Å². The molecular formula is C10H19N3. The van der Waals surface area contributed by atoms with Crippen LogP contribution in [0.4, 0.5) is 0 Å². The molecule has 0 saturated heterocycles. The lowest BCUT2D eigenvalue weighted by Gasteiger charge is -2.17. The first-order valence-electron chi connectivity index (χ1n) is 5.04. The number of rotatable bonds is 6. The van der Waals surface area contributed by atoms with Gasteiger partial charge in [0.05, 0.1) is 12.0 Å². The van der Waals surface area contributed by atoms with Crippen LogP contribution in [0.25, 0.3) is 0 Å². The van der Waals surface area contributed by atoms with Crippen LogP contribution in [0, 0.1) is 17.2 Å². The Morgan fingerprint density at radius 2 is 2.31 bits per heavy atom. The van der Waals surface area contributed by atoms with Gasteiger partial charge in [-0.2, -0.15) is 5.26 Å². The van der Waals surface area contributed by atoms with Crippen molar-refractivity contribution in [3.05, 3.63) is 0 Å². The molecule has 1 saturated carbocycles. The summed E-state index contributed by atoms with van der Waals surface area (Å²) >= 11 is 0. The summed E-state index contributed by atoms with van der Waals surface area (Å²) < 4.78 is 0. The molecular weight excluding hydrogens is 162 g/mol. The number of nitrogens with zero attached hydrogens (tertiary/aromatic N) is 2. The van der Waals surface area contributed by atoms with E-state index in [4.69, 9.17) is 5.26 Å². The van der Waals surface area contributed by atoms with E-state index in [2.05, 4.69) is 23.3 Å². The lowest BCUT2D eigenvalue weighted by molar-refractivity contribution is 0.308. The van der Waals surface area contributed by atoms with Gasteiger partial charge in [0.1, 0.15) is 0 Å². The van der Waals surface area contributed by atoms with Gasteiger partial charge in [0, 0.05) is 25.7 Å². The van der Waals surface area contributed by atoms with Crippen LogP contribution in [0.5, 0.6) is 0 Å². The normalized spacial score (nSPS) is 18.6. The van der Waals surface area contributed by atoms with E-state index in [9.17, 15) is 0 Å². The van der Waals surface area contributed by atoms with E-state index in [1.165, 1.54) is 12.8 Å². The molecule has 0 radical (unpaired) electrons. The van der Waals surface area contributed by atoms with Crippen molar-refractivity contribution >= 4 is 0 Å². The zero-order chi connectivity index (χ0) is 9.68. The van der Waals surface area contributed by atoms with Crippen LogP contribution in [-0.2, 0) is 0 Å². The van der Waals surface area contributed by atoms with Crippen LogP contribution in [-0.4, -0.2) is 37.6 Å². The molecule has 13 heavy (non-hydrogen) atoms. The van der Waals surface area contributed by atoms with Crippen molar-refractivity contribution in [1.29, 1.82) is 5.26 Å². The molecule has 0 aliphatic heterocycles. The second kappa shape index (κ2) is 5.21. The van der Waals surface area contributed by atoms with Gasteiger partial charge < -0.3 is 10.2 Å². The first-order valence-corrected chi connectivity index (χ1v) is 5.04. The number of hydrogen-bond donors (Lipinski definition) is 1. The van der Waals surface area contributed by atoms with Crippen molar-refractivity contribution in [3.63, 3.8) is 0 Å². The number of nitrogens with one attached hydrogen (secondary N) is 1. The summed E-state index contributed by atoms with van der Waals surface area (Å²) in [5.74, 6) is 0.144. The molecule has 1 atom stereocenters. The summed E-state index contributed by atoms with van der Waals surface area (Å²) in [4.78, 5) is 2.21. The number of nitriles is 1. The number of likely N-dealkylation sites (N-methyl/N-ethyl adjacent to an activating group) is 1. The van der Waals surface area contributed by atoms with Crippen LogP contribution in [0.1, 0.15) is 19.8 Å². The van der Waals surface area contributed by atoms with E-state index in [1.807, 2.05) is 6.92 Å². The second-order valence-corrected chi connectivity index (χ2v) is 4.02. The monoisotopic (exact) mass is 181 g/mol. The Hall–Kier alpha value is -0.590. The number of hydrogen-bond acceptors (Lipinski definition) is 3. The molecule has 0 aromatic carbocycles. The van der Waals surface area contributed by atoms with Crippen molar-refractivity contribution < 1.29 is 0 Å². The van der Waals surface area contributed by atoms with E-state index in [0.29, 0.717) is 0 Å². The molecule has 1 rings (SSSR count). The maximum Gasteiger partial charge on any atom is 0.0666 e. The summed E-state index contributed by atoms with van der Waals surface area (Å²) in [6, 6.07) is 3.04. The Balaban J connectivity index is 1.96. The lowest BCUT2D eigenvalue weighted by Crippen LogP contribution is -2.32. The van der Waals surface area contributed by atoms with Crippen molar-refractivity contribution in [2.45, 2.75) is 25.8 Å². The lowest BCUT2D eigenvalue weighted by atomic mass is 10.2. The topological polar surface area (TPSA) is 39.1 Å². The van der Waals surface area contributed by atoms with Crippen molar-refractivity contribution in [2.75, 3.05) is 26.7 Å². The Bertz CT molecular complexity index is 181. The molecule has 0 bridgehead atoms. The molecule has 0 aromatic heterocycles. The van der Waals surface area contributed by atoms with E-state index in [0.717, 1.165) is 25.7 Å². The van der Waals surface area contributed by atoms with Crippen LogP contribution in [0.15, 0.2) is 0 Å². The van der Waals surface area contributed by atoms with Gasteiger partial charge in [0.2, 0.25) is 0 Å². The Morgan fingerprint density at radius 1 is 1.62 bits per heavy atom. The Morgan fingerprint density at radius 3 is 2.85 bits per heavy atom. The first kappa shape index (κ1) is 10.5.